The Morgan fingerprint density at radius 1 is 1.04 bits per heavy atom. The zero-order valence-electron chi connectivity index (χ0n) is 12.9. The maximum Gasteiger partial charge on any atom is 0.128 e. The fourth-order valence-corrected chi connectivity index (χ4v) is 4.80. The molecular formula is C19H12BrFN2S2. The largest absolute Gasteiger partial charge is 0.229 e. The molecule has 0 spiro atoms. The van der Waals surface area contributed by atoms with Crippen LogP contribution in [0.2, 0.25) is 0 Å². The van der Waals surface area contributed by atoms with Crippen molar-refractivity contribution in [3.05, 3.63) is 76.1 Å². The van der Waals surface area contributed by atoms with Gasteiger partial charge >= 0.3 is 0 Å². The van der Waals surface area contributed by atoms with E-state index in [1.54, 1.807) is 35.5 Å². The first-order valence-electron chi connectivity index (χ1n) is 7.57. The molecule has 0 aliphatic rings. The second-order valence-electron chi connectivity index (χ2n) is 5.40. The van der Waals surface area contributed by atoms with Gasteiger partial charge < -0.3 is 0 Å². The van der Waals surface area contributed by atoms with Gasteiger partial charge in [0.15, 0.2) is 0 Å². The second-order valence-corrected chi connectivity index (χ2v) is 8.13. The molecule has 0 unspecified atom stereocenters. The number of fused-ring (bicyclic) bond motifs is 1. The number of benzene rings is 2. The summed E-state index contributed by atoms with van der Waals surface area (Å²) in [7, 11) is 0. The first-order valence-corrected chi connectivity index (χ1v) is 10.2. The van der Waals surface area contributed by atoms with E-state index >= 15 is 0 Å². The molecule has 2 heterocycles. The van der Waals surface area contributed by atoms with Gasteiger partial charge in [-0.15, -0.1) is 23.1 Å². The van der Waals surface area contributed by atoms with Gasteiger partial charge in [-0.2, -0.15) is 0 Å². The fourth-order valence-electron chi connectivity index (χ4n) is 2.56. The molecule has 0 bridgehead atoms. The molecular weight excluding hydrogens is 419 g/mol. The van der Waals surface area contributed by atoms with Crippen molar-refractivity contribution < 1.29 is 4.39 Å². The first-order chi connectivity index (χ1) is 12.2. The van der Waals surface area contributed by atoms with Crippen LogP contribution in [0, 0.1) is 5.82 Å². The van der Waals surface area contributed by atoms with Crippen molar-refractivity contribution in [2.75, 3.05) is 0 Å². The molecule has 0 saturated carbocycles. The van der Waals surface area contributed by atoms with Crippen LogP contribution in [0.1, 0.15) is 5.56 Å². The Labute approximate surface area is 161 Å². The van der Waals surface area contributed by atoms with Crippen molar-refractivity contribution in [1.29, 1.82) is 0 Å². The van der Waals surface area contributed by atoms with Crippen LogP contribution in [0.25, 0.3) is 21.3 Å². The molecule has 2 nitrogen and oxygen atoms in total. The van der Waals surface area contributed by atoms with Crippen LogP contribution in [-0.4, -0.2) is 9.97 Å². The summed E-state index contributed by atoms with van der Waals surface area (Å²) in [4.78, 5) is 9.79. The molecule has 25 heavy (non-hydrogen) atoms. The zero-order valence-corrected chi connectivity index (χ0v) is 16.2. The standard InChI is InChI=1S/C19H12BrFN2S2/c20-14-7-5-12(6-8-14)15-10-25-19-17(15)18(22-11-23-19)24-9-13-3-1-2-4-16(13)21/h1-8,10-11H,9H2. The van der Waals surface area contributed by atoms with Gasteiger partial charge in [0.05, 0.1) is 5.39 Å². The average molecular weight is 431 g/mol. The van der Waals surface area contributed by atoms with Gasteiger partial charge in [-0.1, -0.05) is 46.3 Å². The molecule has 0 aliphatic carbocycles. The molecule has 0 radical (unpaired) electrons. The number of thiophene rings is 1. The van der Waals surface area contributed by atoms with E-state index in [4.69, 9.17) is 0 Å². The molecule has 0 fully saturated rings. The van der Waals surface area contributed by atoms with Crippen molar-refractivity contribution in [1.82, 2.24) is 9.97 Å². The minimum atomic E-state index is -0.182. The molecule has 0 amide bonds. The average Bonchev–Trinajstić information content (AvgIpc) is 3.06. The molecule has 0 aliphatic heterocycles. The summed E-state index contributed by atoms with van der Waals surface area (Å²) in [5.41, 5.74) is 2.92. The number of aromatic nitrogens is 2. The van der Waals surface area contributed by atoms with Crippen LogP contribution in [0.3, 0.4) is 0 Å². The Bertz CT molecular complexity index is 1030. The summed E-state index contributed by atoms with van der Waals surface area (Å²) in [5, 5.41) is 4.03. The lowest BCUT2D eigenvalue weighted by molar-refractivity contribution is 0.617. The van der Waals surface area contributed by atoms with Gasteiger partial charge in [-0.3, -0.25) is 0 Å². The van der Waals surface area contributed by atoms with Gasteiger partial charge in [0.2, 0.25) is 0 Å². The molecule has 4 aromatic rings. The Balaban J connectivity index is 1.73. The van der Waals surface area contributed by atoms with Crippen molar-refractivity contribution in [3.8, 4) is 11.1 Å². The highest BCUT2D eigenvalue weighted by atomic mass is 79.9. The number of rotatable bonds is 4. The number of halogens is 2. The quantitative estimate of drug-likeness (QED) is 0.271. The molecule has 2 aromatic heterocycles. The van der Waals surface area contributed by atoms with E-state index in [2.05, 4.69) is 43.4 Å². The number of thioether (sulfide) groups is 1. The molecule has 0 atom stereocenters. The van der Waals surface area contributed by atoms with E-state index in [-0.39, 0.29) is 5.82 Å². The SMILES string of the molecule is Fc1ccccc1CSc1ncnc2scc(-c3ccc(Br)cc3)c12. The smallest absolute Gasteiger partial charge is 0.128 e. The monoisotopic (exact) mass is 430 g/mol. The van der Waals surface area contributed by atoms with E-state index in [0.717, 1.165) is 30.8 Å². The lowest BCUT2D eigenvalue weighted by Gasteiger charge is -2.06. The minimum absolute atomic E-state index is 0.182. The van der Waals surface area contributed by atoms with Crippen molar-refractivity contribution in [2.24, 2.45) is 0 Å². The predicted octanol–water partition coefficient (Wildman–Crippen LogP) is 6.55. The van der Waals surface area contributed by atoms with Gasteiger partial charge in [0.1, 0.15) is 22.0 Å². The second kappa shape index (κ2) is 7.23. The maximum absolute atomic E-state index is 13.9. The summed E-state index contributed by atoms with van der Waals surface area (Å²) in [6, 6.07) is 15.0. The highest BCUT2D eigenvalue weighted by molar-refractivity contribution is 9.10. The molecule has 4 rings (SSSR count). The topological polar surface area (TPSA) is 25.8 Å². The van der Waals surface area contributed by atoms with Gasteiger partial charge in [0.25, 0.3) is 0 Å². The Kier molecular flexibility index (Phi) is 4.83. The lowest BCUT2D eigenvalue weighted by Crippen LogP contribution is -1.89. The highest BCUT2D eigenvalue weighted by Crippen LogP contribution is 2.39. The third kappa shape index (κ3) is 3.47. The fraction of sp³-hybridized carbons (Fsp3) is 0.0526. The summed E-state index contributed by atoms with van der Waals surface area (Å²) in [6.07, 6.45) is 1.58. The zero-order chi connectivity index (χ0) is 17.2. The summed E-state index contributed by atoms with van der Waals surface area (Å²) < 4.78 is 14.9. The number of nitrogens with zero attached hydrogens (tertiary/aromatic N) is 2. The van der Waals surface area contributed by atoms with Gasteiger partial charge in [0, 0.05) is 21.2 Å². The third-order valence-corrected chi connectivity index (χ3v) is 6.27. The van der Waals surface area contributed by atoms with Gasteiger partial charge in [-0.05, 0) is 29.3 Å². The van der Waals surface area contributed by atoms with Crippen molar-refractivity contribution in [2.45, 2.75) is 10.8 Å². The van der Waals surface area contributed by atoms with Crippen LogP contribution >= 0.6 is 39.0 Å². The molecule has 2 aromatic carbocycles. The van der Waals surface area contributed by atoms with Crippen LogP contribution in [0.5, 0.6) is 0 Å². The highest BCUT2D eigenvalue weighted by Gasteiger charge is 2.14. The lowest BCUT2D eigenvalue weighted by atomic mass is 10.1. The first kappa shape index (κ1) is 16.7. The van der Waals surface area contributed by atoms with Crippen LogP contribution in [0.15, 0.2) is 69.7 Å². The number of hydrogen-bond donors (Lipinski definition) is 0. The van der Waals surface area contributed by atoms with Crippen LogP contribution < -0.4 is 0 Å². The Hall–Kier alpha value is -1.76. The summed E-state index contributed by atoms with van der Waals surface area (Å²) >= 11 is 6.61. The van der Waals surface area contributed by atoms with Crippen LogP contribution in [0.4, 0.5) is 4.39 Å². The van der Waals surface area contributed by atoms with Crippen molar-refractivity contribution >= 4 is 49.2 Å². The third-order valence-electron chi connectivity index (χ3n) is 3.81. The van der Waals surface area contributed by atoms with Gasteiger partial charge in [-0.25, -0.2) is 14.4 Å². The van der Waals surface area contributed by atoms with E-state index in [9.17, 15) is 4.39 Å². The maximum atomic E-state index is 13.9. The normalized spacial score (nSPS) is 11.1. The van der Waals surface area contributed by atoms with Crippen LogP contribution in [-0.2, 0) is 5.75 Å². The Morgan fingerprint density at radius 3 is 2.64 bits per heavy atom. The van der Waals surface area contributed by atoms with E-state index in [1.807, 2.05) is 24.3 Å². The molecule has 0 saturated heterocycles. The Morgan fingerprint density at radius 2 is 1.84 bits per heavy atom. The summed E-state index contributed by atoms with van der Waals surface area (Å²) in [5.74, 6) is 0.354. The van der Waals surface area contributed by atoms with Crippen molar-refractivity contribution in [3.63, 3.8) is 0 Å². The van der Waals surface area contributed by atoms with E-state index < -0.39 is 0 Å². The minimum Gasteiger partial charge on any atom is -0.229 e. The molecule has 124 valence electrons. The van der Waals surface area contributed by atoms with E-state index in [0.29, 0.717) is 11.3 Å². The number of hydrogen-bond acceptors (Lipinski definition) is 4. The predicted molar refractivity (Wildman–Crippen MR) is 107 cm³/mol. The summed E-state index contributed by atoms with van der Waals surface area (Å²) in [6.45, 7) is 0. The molecule has 0 N–H and O–H groups in total. The van der Waals surface area contributed by atoms with E-state index in [1.165, 1.54) is 6.07 Å². The molecule has 6 heteroatoms.